The van der Waals surface area contributed by atoms with Gasteiger partial charge in [0.2, 0.25) is 0 Å². The minimum atomic E-state index is -1.65. The molecule has 7 rings (SSSR count). The van der Waals surface area contributed by atoms with E-state index in [4.69, 9.17) is 26.1 Å². The van der Waals surface area contributed by atoms with E-state index in [1.807, 2.05) is 64.6 Å². The fourth-order valence-electron chi connectivity index (χ4n) is 7.33. The number of carbonyl (C=O) groups is 2. The van der Waals surface area contributed by atoms with E-state index in [1.165, 1.54) is 0 Å². The highest BCUT2D eigenvalue weighted by molar-refractivity contribution is 6.78. The largest absolute Gasteiger partial charge is 0.444 e. The fraction of sp³-hybridized carbons (Fsp3) is 0.436. The first-order chi connectivity index (χ1) is 23.9. The summed E-state index contributed by atoms with van der Waals surface area (Å²) in [4.78, 5) is 46.4. The molecule has 2 aliphatic rings. The molecule has 2 aromatic heterocycles. The Balaban J connectivity index is 1.12. The summed E-state index contributed by atoms with van der Waals surface area (Å²) in [7, 11) is -1.65. The third-order valence-corrected chi connectivity index (χ3v) is 12.5. The molecule has 2 fully saturated rings. The number of nitrogens with one attached hydrogen (secondary N) is 2. The number of likely N-dealkylation sites (tertiary alicyclic amines) is 1. The second-order valence-electron chi connectivity index (χ2n) is 16.7. The average Bonchev–Trinajstić information content (AvgIpc) is 3.83. The number of ether oxygens (including phenoxy) is 2. The quantitative estimate of drug-likeness (QED) is 0.178. The predicted octanol–water partition coefficient (Wildman–Crippen LogP) is 10.0. The van der Waals surface area contributed by atoms with E-state index < -0.39 is 19.3 Å². The van der Waals surface area contributed by atoms with Crippen LogP contribution in [0.1, 0.15) is 78.1 Å². The van der Waals surface area contributed by atoms with E-state index in [2.05, 4.69) is 64.4 Å². The lowest BCUT2D eigenvalue weighted by molar-refractivity contribution is 0.0212. The van der Waals surface area contributed by atoms with Crippen molar-refractivity contribution >= 4 is 53.7 Å². The number of rotatable bonds is 4. The number of aromatic amines is 2. The van der Waals surface area contributed by atoms with Crippen molar-refractivity contribution in [2.24, 2.45) is 0 Å². The second kappa shape index (κ2) is 12.7. The van der Waals surface area contributed by atoms with Crippen molar-refractivity contribution in [3.63, 3.8) is 0 Å². The van der Waals surface area contributed by atoms with Crippen molar-refractivity contribution in [1.82, 2.24) is 29.7 Å². The Bertz CT molecular complexity index is 2130. The van der Waals surface area contributed by atoms with E-state index >= 15 is 0 Å². The van der Waals surface area contributed by atoms with Crippen molar-refractivity contribution in [3.05, 3.63) is 71.4 Å². The summed E-state index contributed by atoms with van der Waals surface area (Å²) in [6, 6.07) is 19.4. The molecular formula is C39H47ClN6O4Si. The molecule has 12 heteroatoms. The van der Waals surface area contributed by atoms with Gasteiger partial charge in [-0.05, 0) is 89.1 Å². The number of hydrogen-bond acceptors (Lipinski definition) is 6. The number of imidazole rings is 2. The monoisotopic (exact) mass is 726 g/mol. The molecule has 0 radical (unpaired) electrons. The van der Waals surface area contributed by atoms with Crippen molar-refractivity contribution in [3.8, 4) is 22.4 Å². The van der Waals surface area contributed by atoms with Crippen LogP contribution >= 0.6 is 11.6 Å². The third-order valence-electron chi connectivity index (χ3n) is 9.54. The second-order valence-corrected chi connectivity index (χ2v) is 22.1. The van der Waals surface area contributed by atoms with Crippen molar-refractivity contribution < 1.29 is 19.1 Å². The van der Waals surface area contributed by atoms with Crippen LogP contribution in [-0.4, -0.2) is 73.9 Å². The summed E-state index contributed by atoms with van der Waals surface area (Å²) < 4.78 is 11.4. The van der Waals surface area contributed by atoms with Crippen LogP contribution in [0.15, 0.2) is 54.6 Å². The lowest BCUT2D eigenvalue weighted by atomic mass is 9.99. The molecule has 0 spiro atoms. The van der Waals surface area contributed by atoms with Crippen molar-refractivity contribution in [2.75, 3.05) is 12.7 Å². The number of fused-ring (bicyclic) bond motifs is 3. The van der Waals surface area contributed by atoms with Crippen LogP contribution in [0.2, 0.25) is 24.3 Å². The highest BCUT2D eigenvalue weighted by Crippen LogP contribution is 2.40. The average molecular weight is 727 g/mol. The normalized spacial score (nSPS) is 19.3. The summed E-state index contributed by atoms with van der Waals surface area (Å²) in [5, 5.41) is 2.55. The van der Waals surface area contributed by atoms with Crippen LogP contribution in [0.3, 0.4) is 0 Å². The molecule has 4 heterocycles. The number of benzene rings is 3. The number of hydrogen-bond donors (Lipinski definition) is 2. The zero-order valence-electron chi connectivity index (χ0n) is 30.7. The molecule has 0 saturated carbocycles. The Morgan fingerprint density at radius 1 is 0.804 bits per heavy atom. The summed E-state index contributed by atoms with van der Waals surface area (Å²) in [5.41, 5.74) is 4.52. The summed E-state index contributed by atoms with van der Waals surface area (Å²) in [6.45, 7) is 16.6. The molecule has 10 nitrogen and oxygen atoms in total. The van der Waals surface area contributed by atoms with Crippen molar-refractivity contribution in [1.29, 1.82) is 0 Å². The van der Waals surface area contributed by atoms with Gasteiger partial charge in [-0.3, -0.25) is 4.90 Å². The number of H-pyrrole nitrogens is 2. The minimum Gasteiger partial charge on any atom is -0.444 e. The zero-order chi connectivity index (χ0) is 36.5. The molecule has 0 unspecified atom stereocenters. The van der Waals surface area contributed by atoms with Crippen LogP contribution in [0.5, 0.6) is 0 Å². The highest BCUT2D eigenvalue weighted by atomic mass is 35.5. The van der Waals surface area contributed by atoms with Gasteiger partial charge in [0, 0.05) is 23.7 Å². The first-order valence-corrected chi connectivity index (χ1v) is 21.5. The molecule has 2 atom stereocenters. The number of carbonyl (C=O) groups excluding carboxylic acids is 2. The van der Waals surface area contributed by atoms with Gasteiger partial charge in [-0.2, -0.15) is 0 Å². The van der Waals surface area contributed by atoms with Crippen molar-refractivity contribution in [2.45, 2.75) is 96.8 Å². The van der Waals surface area contributed by atoms with Crippen LogP contribution in [0, 0.1) is 0 Å². The topological polar surface area (TPSA) is 116 Å². The van der Waals surface area contributed by atoms with Gasteiger partial charge in [0.25, 0.3) is 0 Å². The SMILES string of the molecule is CC(C)(C)OC(=O)N1CCC[C@H]1c1nc(Cl)c(-c2ccc(-c3ccc4c(ccc5nc([C@@H]6C[Si](C)(C)CN6C(=O)OC(C)(C)C)[nH]c54)c3)cc2)[nH]1. The molecule has 2 saturated heterocycles. The van der Waals surface area contributed by atoms with E-state index in [9.17, 15) is 9.59 Å². The maximum Gasteiger partial charge on any atom is 0.410 e. The predicted molar refractivity (Wildman–Crippen MR) is 205 cm³/mol. The zero-order valence-corrected chi connectivity index (χ0v) is 32.4. The number of halogens is 1. The molecule has 5 aromatic rings. The molecule has 2 amide bonds. The maximum absolute atomic E-state index is 13.2. The van der Waals surface area contributed by atoms with Gasteiger partial charge in [-0.25, -0.2) is 19.6 Å². The molecule has 0 aliphatic carbocycles. The molecular weight excluding hydrogens is 680 g/mol. The summed E-state index contributed by atoms with van der Waals surface area (Å²) in [6.07, 6.45) is 1.79. The van der Waals surface area contributed by atoms with Gasteiger partial charge in [-0.1, -0.05) is 67.2 Å². The standard InChI is InChI=1S/C39H47ClN6O4Si/c1-38(2,3)49-36(47)45-19-9-10-29(45)34-42-31(33(40)44-34)24-13-11-23(12-14-24)25-15-17-27-26(20-25)16-18-28-32(27)43-35(41-28)30-21-51(7,8)22-46(30)37(48)50-39(4,5)6/h11-18,20,29-30H,9-10,19,21-22H2,1-8H3,(H,41,43)(H,42,44)/t29-,30-/m0/s1. The lowest BCUT2D eigenvalue weighted by Crippen LogP contribution is -2.39. The molecule has 0 bridgehead atoms. The first-order valence-electron chi connectivity index (χ1n) is 17.7. The van der Waals surface area contributed by atoms with Crippen LogP contribution in [-0.2, 0) is 9.47 Å². The molecule has 2 aliphatic heterocycles. The third kappa shape index (κ3) is 7.23. The number of nitrogens with zero attached hydrogens (tertiary/aromatic N) is 4. The van der Waals surface area contributed by atoms with Gasteiger partial charge in [-0.15, -0.1) is 0 Å². The highest BCUT2D eigenvalue weighted by Gasteiger charge is 2.45. The molecule has 3 aromatic carbocycles. The van der Waals surface area contributed by atoms with Gasteiger partial charge < -0.3 is 24.3 Å². The van der Waals surface area contributed by atoms with Gasteiger partial charge in [0.1, 0.15) is 22.9 Å². The van der Waals surface area contributed by atoms with E-state index in [0.717, 1.165) is 75.1 Å². The Morgan fingerprint density at radius 2 is 1.43 bits per heavy atom. The number of amides is 2. The maximum atomic E-state index is 13.2. The summed E-state index contributed by atoms with van der Waals surface area (Å²) in [5.74, 6) is 1.48. The first kappa shape index (κ1) is 35.1. The Labute approximate surface area is 304 Å². The Morgan fingerprint density at radius 3 is 2.12 bits per heavy atom. The van der Waals surface area contributed by atoms with Crippen LogP contribution in [0.25, 0.3) is 44.2 Å². The summed E-state index contributed by atoms with van der Waals surface area (Å²) >= 11 is 6.66. The smallest absolute Gasteiger partial charge is 0.410 e. The van der Waals surface area contributed by atoms with Crippen LogP contribution in [0.4, 0.5) is 9.59 Å². The molecule has 2 N–H and O–H groups in total. The van der Waals surface area contributed by atoms with Gasteiger partial charge in [0.05, 0.1) is 36.9 Å². The van der Waals surface area contributed by atoms with E-state index in [1.54, 1.807) is 4.90 Å². The molecule has 268 valence electrons. The van der Waals surface area contributed by atoms with E-state index in [0.29, 0.717) is 17.5 Å². The Kier molecular flexibility index (Phi) is 8.73. The van der Waals surface area contributed by atoms with Crippen LogP contribution < -0.4 is 0 Å². The van der Waals surface area contributed by atoms with Gasteiger partial charge in [0.15, 0.2) is 5.15 Å². The Hall–Kier alpha value is -4.35. The fourth-order valence-corrected chi connectivity index (χ4v) is 10.4. The lowest BCUT2D eigenvalue weighted by Gasteiger charge is -2.28. The van der Waals surface area contributed by atoms with E-state index in [-0.39, 0.29) is 24.3 Å². The van der Waals surface area contributed by atoms with Gasteiger partial charge >= 0.3 is 12.2 Å². The number of aromatic nitrogens is 4. The molecule has 51 heavy (non-hydrogen) atoms. The minimum absolute atomic E-state index is 0.136.